The van der Waals surface area contributed by atoms with E-state index in [-0.39, 0.29) is 12.0 Å². The average Bonchev–Trinajstić information content (AvgIpc) is 3.80. The van der Waals surface area contributed by atoms with Crippen LogP contribution >= 0.6 is 11.3 Å². The fraction of sp³-hybridized carbons (Fsp3) is 0.568. The minimum atomic E-state index is 0.0614. The van der Waals surface area contributed by atoms with Gasteiger partial charge in [-0.3, -0.25) is 4.79 Å². The van der Waals surface area contributed by atoms with Gasteiger partial charge in [0.2, 0.25) is 5.91 Å². The molecule has 6 nitrogen and oxygen atoms in total. The lowest BCUT2D eigenvalue weighted by Crippen LogP contribution is -2.42. The molecular formula is C37H49N3O3S. The molecule has 0 saturated heterocycles. The Morgan fingerprint density at radius 3 is 2.45 bits per heavy atom. The Labute approximate surface area is 267 Å². The van der Waals surface area contributed by atoms with Crippen molar-refractivity contribution in [2.24, 2.45) is 11.8 Å². The molecular weight excluding hydrogens is 566 g/mol. The van der Waals surface area contributed by atoms with Crippen LogP contribution in [-0.4, -0.2) is 50.8 Å². The van der Waals surface area contributed by atoms with E-state index in [9.17, 15) is 4.79 Å². The summed E-state index contributed by atoms with van der Waals surface area (Å²) in [5.74, 6) is 3.06. The van der Waals surface area contributed by atoms with E-state index in [1.807, 2.05) is 24.6 Å². The summed E-state index contributed by atoms with van der Waals surface area (Å²) in [6, 6.07) is 15.3. The van der Waals surface area contributed by atoms with Crippen molar-refractivity contribution in [1.82, 2.24) is 10.3 Å². The van der Waals surface area contributed by atoms with Gasteiger partial charge in [0.25, 0.3) is 0 Å². The fourth-order valence-electron chi connectivity index (χ4n) is 7.21. The van der Waals surface area contributed by atoms with E-state index in [1.165, 1.54) is 52.3 Å². The van der Waals surface area contributed by atoms with Crippen molar-refractivity contribution in [2.75, 3.05) is 38.8 Å². The average molecular weight is 616 g/mol. The van der Waals surface area contributed by atoms with Crippen molar-refractivity contribution in [3.63, 3.8) is 0 Å². The predicted molar refractivity (Wildman–Crippen MR) is 180 cm³/mol. The van der Waals surface area contributed by atoms with Gasteiger partial charge in [0.05, 0.1) is 29.7 Å². The highest BCUT2D eigenvalue weighted by Gasteiger charge is 2.33. The number of nitrogens with one attached hydrogen (secondary N) is 1. The van der Waals surface area contributed by atoms with Crippen LogP contribution in [0.3, 0.4) is 0 Å². The van der Waals surface area contributed by atoms with Crippen molar-refractivity contribution in [3.05, 3.63) is 64.8 Å². The Balaban J connectivity index is 1.16. The maximum Gasteiger partial charge on any atom is 0.230 e. The number of thiazole rings is 1. The molecule has 1 heterocycles. The van der Waals surface area contributed by atoms with Crippen LogP contribution in [0.15, 0.2) is 48.7 Å². The molecule has 3 aliphatic carbocycles. The molecule has 0 bridgehead atoms. The summed E-state index contributed by atoms with van der Waals surface area (Å²) in [7, 11) is 3.69. The molecule has 0 unspecified atom stereocenters. The molecule has 3 saturated carbocycles. The molecule has 0 spiro atoms. The zero-order valence-corrected chi connectivity index (χ0v) is 27.5. The third-order valence-electron chi connectivity index (χ3n) is 10.1. The van der Waals surface area contributed by atoms with Crippen molar-refractivity contribution >= 4 is 22.9 Å². The molecule has 0 aliphatic heterocycles. The molecule has 3 aliphatic rings. The van der Waals surface area contributed by atoms with Gasteiger partial charge in [-0.25, -0.2) is 4.98 Å². The Kier molecular flexibility index (Phi) is 10.3. The SMILES string of the molecule is CNCCO[C@H]1CC[C@H](C(=O)N(C[C@H]2CC[C@H](c3ccc(OC)c(C)c3)CC2)c2cccc(-c3cnc(C4CC4)s3)c2)CC1. The minimum absolute atomic E-state index is 0.0614. The molecule has 44 heavy (non-hydrogen) atoms. The van der Waals surface area contributed by atoms with E-state index in [0.29, 0.717) is 23.7 Å². The second-order valence-electron chi connectivity index (χ2n) is 13.2. The minimum Gasteiger partial charge on any atom is -0.496 e. The van der Waals surface area contributed by atoms with Gasteiger partial charge in [0.15, 0.2) is 0 Å². The molecule has 2 aromatic carbocycles. The number of aromatic nitrogens is 1. The molecule has 3 aromatic rings. The van der Waals surface area contributed by atoms with Gasteiger partial charge in [0, 0.05) is 36.8 Å². The van der Waals surface area contributed by atoms with Crippen LogP contribution in [0.25, 0.3) is 10.4 Å². The van der Waals surface area contributed by atoms with Crippen LogP contribution in [0.5, 0.6) is 5.75 Å². The number of carbonyl (C=O) groups is 1. The van der Waals surface area contributed by atoms with Crippen LogP contribution in [0, 0.1) is 18.8 Å². The van der Waals surface area contributed by atoms with Gasteiger partial charge >= 0.3 is 0 Å². The Bertz CT molecular complexity index is 1390. The van der Waals surface area contributed by atoms with E-state index in [4.69, 9.17) is 14.5 Å². The molecule has 1 amide bonds. The van der Waals surface area contributed by atoms with E-state index in [0.717, 1.165) is 69.7 Å². The summed E-state index contributed by atoms with van der Waals surface area (Å²) < 4.78 is 11.6. The summed E-state index contributed by atoms with van der Waals surface area (Å²) in [6.45, 7) is 4.53. The summed E-state index contributed by atoms with van der Waals surface area (Å²) in [4.78, 5) is 22.4. The number of hydrogen-bond acceptors (Lipinski definition) is 6. The highest BCUT2D eigenvalue weighted by molar-refractivity contribution is 7.15. The van der Waals surface area contributed by atoms with Gasteiger partial charge in [-0.05, 0) is 125 Å². The normalized spacial score (nSPS) is 23.8. The largest absolute Gasteiger partial charge is 0.496 e. The van der Waals surface area contributed by atoms with Crippen LogP contribution in [0.4, 0.5) is 5.69 Å². The van der Waals surface area contributed by atoms with Crippen molar-refractivity contribution in [3.8, 4) is 16.2 Å². The zero-order valence-electron chi connectivity index (χ0n) is 26.7. The smallest absolute Gasteiger partial charge is 0.230 e. The van der Waals surface area contributed by atoms with E-state index < -0.39 is 0 Å². The standard InChI is InChI=1S/C37H49N3O3S/c1-25-21-30(15-18-34(25)42-3)27-9-7-26(8-10-27)24-40(37(41)29-13-16-33(17-14-29)43-20-19-38-2)32-6-4-5-31(22-32)35-23-39-36(44-35)28-11-12-28/h4-6,15,18,21-23,26-29,33,38H,7-14,16-17,19-20,24H2,1-3H3/t26-,27-,29-,33-. The van der Waals surface area contributed by atoms with Gasteiger partial charge in [-0.1, -0.05) is 24.3 Å². The second kappa shape index (κ2) is 14.6. The lowest BCUT2D eigenvalue weighted by molar-refractivity contribution is -0.124. The molecule has 236 valence electrons. The first-order chi connectivity index (χ1) is 21.5. The van der Waals surface area contributed by atoms with Crippen molar-refractivity contribution < 1.29 is 14.3 Å². The van der Waals surface area contributed by atoms with Gasteiger partial charge in [-0.2, -0.15) is 0 Å². The number of methoxy groups -OCH3 is 1. The van der Waals surface area contributed by atoms with Crippen LogP contribution in [0.1, 0.15) is 92.2 Å². The number of carbonyl (C=O) groups excluding carboxylic acids is 1. The highest BCUT2D eigenvalue weighted by atomic mass is 32.1. The number of likely N-dealkylation sites (N-methyl/N-ethyl adjacent to an activating group) is 1. The van der Waals surface area contributed by atoms with Crippen LogP contribution < -0.4 is 15.0 Å². The maximum absolute atomic E-state index is 14.3. The van der Waals surface area contributed by atoms with E-state index in [2.05, 4.69) is 59.6 Å². The maximum atomic E-state index is 14.3. The first kappa shape index (κ1) is 31.3. The third-order valence-corrected chi connectivity index (χ3v) is 11.3. The summed E-state index contributed by atoms with van der Waals surface area (Å²) >= 11 is 1.82. The number of hydrogen-bond donors (Lipinski definition) is 1. The third kappa shape index (κ3) is 7.55. The second-order valence-corrected chi connectivity index (χ2v) is 14.3. The Hall–Kier alpha value is -2.74. The van der Waals surface area contributed by atoms with Gasteiger partial charge in [0.1, 0.15) is 5.75 Å². The van der Waals surface area contributed by atoms with E-state index in [1.54, 1.807) is 7.11 Å². The molecule has 0 atom stereocenters. The number of anilines is 1. The first-order valence-electron chi connectivity index (χ1n) is 16.8. The lowest BCUT2D eigenvalue weighted by atomic mass is 9.78. The zero-order chi connectivity index (χ0) is 30.5. The Morgan fingerprint density at radius 2 is 1.75 bits per heavy atom. The number of aryl methyl sites for hydroxylation is 1. The molecule has 7 heteroatoms. The summed E-state index contributed by atoms with van der Waals surface area (Å²) in [5, 5.41) is 4.42. The molecule has 0 radical (unpaired) electrons. The fourth-order valence-corrected chi connectivity index (χ4v) is 8.29. The molecule has 1 N–H and O–H groups in total. The van der Waals surface area contributed by atoms with Crippen LogP contribution in [-0.2, 0) is 9.53 Å². The quantitative estimate of drug-likeness (QED) is 0.209. The first-order valence-corrected chi connectivity index (χ1v) is 17.6. The number of rotatable bonds is 12. The predicted octanol–water partition coefficient (Wildman–Crippen LogP) is 8.11. The number of benzene rings is 2. The van der Waals surface area contributed by atoms with Crippen molar-refractivity contribution in [1.29, 1.82) is 0 Å². The number of amides is 1. The van der Waals surface area contributed by atoms with Crippen LogP contribution in [0.2, 0.25) is 0 Å². The molecule has 1 aromatic heterocycles. The summed E-state index contributed by atoms with van der Waals surface area (Å²) in [5.41, 5.74) is 4.83. The van der Waals surface area contributed by atoms with Gasteiger partial charge < -0.3 is 19.7 Å². The van der Waals surface area contributed by atoms with E-state index >= 15 is 0 Å². The number of ether oxygens (including phenoxy) is 2. The van der Waals surface area contributed by atoms with Gasteiger partial charge in [-0.15, -0.1) is 11.3 Å². The van der Waals surface area contributed by atoms with Crippen molar-refractivity contribution in [2.45, 2.75) is 89.1 Å². The molecule has 6 rings (SSSR count). The lowest BCUT2D eigenvalue weighted by Gasteiger charge is -2.36. The monoisotopic (exact) mass is 615 g/mol. The summed E-state index contributed by atoms with van der Waals surface area (Å²) in [6.07, 6.45) is 13.2. The highest BCUT2D eigenvalue weighted by Crippen LogP contribution is 2.44. The molecule has 3 fully saturated rings. The number of nitrogens with zero attached hydrogens (tertiary/aromatic N) is 2. The Morgan fingerprint density at radius 1 is 0.977 bits per heavy atom. The topological polar surface area (TPSA) is 63.7 Å².